The van der Waals surface area contributed by atoms with E-state index in [0.717, 1.165) is 44.8 Å². The molecule has 252 valence electrons. The van der Waals surface area contributed by atoms with Gasteiger partial charge in [-0.05, 0) is 83.9 Å². The molecule has 0 aliphatic carbocycles. The molecule has 0 N–H and O–H groups in total. The van der Waals surface area contributed by atoms with Crippen LogP contribution in [0.3, 0.4) is 0 Å². The van der Waals surface area contributed by atoms with E-state index in [2.05, 4.69) is 187 Å². The molecule has 0 spiro atoms. The number of rotatable bonds is 6. The van der Waals surface area contributed by atoms with E-state index in [1.165, 1.54) is 49.0 Å². The Morgan fingerprint density at radius 3 is 1.41 bits per heavy atom. The van der Waals surface area contributed by atoms with Crippen LogP contribution >= 0.6 is 0 Å². The third-order valence-electron chi connectivity index (χ3n) is 10.4. The summed E-state index contributed by atoms with van der Waals surface area (Å²) in [6, 6.07) is 66.7. The van der Waals surface area contributed by atoms with Gasteiger partial charge in [-0.25, -0.2) is 9.97 Å². The average Bonchev–Trinajstić information content (AvgIpc) is 3.26. The number of nitrogens with zero attached hydrogens (tertiary/aromatic N) is 3. The zero-order chi connectivity index (χ0) is 35.8. The number of hydrogen-bond donors (Lipinski definition) is 0. The topological polar surface area (TPSA) is 38.7 Å². The summed E-state index contributed by atoms with van der Waals surface area (Å²) in [5, 5.41) is 7.33. The summed E-state index contributed by atoms with van der Waals surface area (Å²) >= 11 is 0. The Hall–Kier alpha value is -7.23. The molecular formula is C51H33N3. The van der Waals surface area contributed by atoms with Crippen molar-refractivity contribution in [1.82, 2.24) is 15.0 Å². The van der Waals surface area contributed by atoms with Gasteiger partial charge in [-0.2, -0.15) is 0 Å². The van der Waals surface area contributed by atoms with Gasteiger partial charge in [-0.1, -0.05) is 170 Å². The van der Waals surface area contributed by atoms with Crippen LogP contribution in [-0.2, 0) is 0 Å². The van der Waals surface area contributed by atoms with E-state index < -0.39 is 0 Å². The Balaban J connectivity index is 1.11. The lowest BCUT2D eigenvalue weighted by atomic mass is 9.86. The standard InChI is InChI=1S/C51H33N3/c1-2-12-37(13-3-1)49-43-16-6-8-18-45(43)50(46-19-9-7-17-44(46)49)38-25-27-39(28-26-38)51-53-47(36-23-20-35(21-24-36)42-15-10-30-52-33-42)32-48(54-51)41-29-22-34-11-4-5-14-40(34)31-41/h1-33H. The van der Waals surface area contributed by atoms with E-state index in [1.807, 2.05) is 12.3 Å². The van der Waals surface area contributed by atoms with Crippen molar-refractivity contribution in [3.05, 3.63) is 200 Å². The molecule has 3 nitrogen and oxygen atoms in total. The molecule has 0 unspecified atom stereocenters. The predicted octanol–water partition coefficient (Wildman–Crippen LogP) is 13.3. The maximum Gasteiger partial charge on any atom is 0.160 e. The zero-order valence-corrected chi connectivity index (χ0v) is 29.4. The van der Waals surface area contributed by atoms with Crippen LogP contribution in [0.1, 0.15) is 0 Å². The molecule has 0 amide bonds. The van der Waals surface area contributed by atoms with Gasteiger partial charge in [0.2, 0.25) is 0 Å². The normalized spacial score (nSPS) is 11.3. The summed E-state index contributed by atoms with van der Waals surface area (Å²) < 4.78 is 0. The van der Waals surface area contributed by atoms with Crippen LogP contribution in [0, 0.1) is 0 Å². The van der Waals surface area contributed by atoms with Gasteiger partial charge in [0.05, 0.1) is 11.4 Å². The lowest BCUT2D eigenvalue weighted by Gasteiger charge is -2.18. The maximum absolute atomic E-state index is 5.20. The van der Waals surface area contributed by atoms with Gasteiger partial charge in [0.15, 0.2) is 5.82 Å². The molecular weight excluding hydrogens is 655 g/mol. The Bertz CT molecular complexity index is 2900. The van der Waals surface area contributed by atoms with Gasteiger partial charge in [-0.3, -0.25) is 4.98 Å². The summed E-state index contributed by atoms with van der Waals surface area (Å²) in [4.78, 5) is 14.7. The van der Waals surface area contributed by atoms with Crippen molar-refractivity contribution >= 4 is 32.3 Å². The minimum Gasteiger partial charge on any atom is -0.264 e. The molecule has 0 aliphatic rings. The van der Waals surface area contributed by atoms with Crippen LogP contribution in [0.5, 0.6) is 0 Å². The summed E-state index contributed by atoms with van der Waals surface area (Å²) in [6.45, 7) is 0. The molecule has 8 aromatic carbocycles. The van der Waals surface area contributed by atoms with Gasteiger partial charge in [0.1, 0.15) is 0 Å². The van der Waals surface area contributed by atoms with Crippen molar-refractivity contribution < 1.29 is 0 Å². The highest BCUT2D eigenvalue weighted by molar-refractivity contribution is 6.21. The Kier molecular flexibility index (Phi) is 7.81. The van der Waals surface area contributed by atoms with Gasteiger partial charge in [0.25, 0.3) is 0 Å². The summed E-state index contributed by atoms with van der Waals surface area (Å²) in [7, 11) is 0. The van der Waals surface area contributed by atoms with Crippen LogP contribution < -0.4 is 0 Å². The molecule has 0 atom stereocenters. The quantitative estimate of drug-likeness (QED) is 0.163. The first-order chi connectivity index (χ1) is 26.8. The Morgan fingerprint density at radius 1 is 0.296 bits per heavy atom. The highest BCUT2D eigenvalue weighted by atomic mass is 14.9. The summed E-state index contributed by atoms with van der Waals surface area (Å²) in [5.74, 6) is 0.688. The van der Waals surface area contributed by atoms with Crippen LogP contribution in [-0.4, -0.2) is 15.0 Å². The van der Waals surface area contributed by atoms with E-state index >= 15 is 0 Å². The molecule has 0 aliphatic heterocycles. The molecule has 0 saturated heterocycles. The first kappa shape index (κ1) is 31.5. The third-order valence-corrected chi connectivity index (χ3v) is 10.4. The van der Waals surface area contributed by atoms with Crippen LogP contribution in [0.25, 0.3) is 99.6 Å². The molecule has 10 aromatic rings. The van der Waals surface area contributed by atoms with E-state index in [0.29, 0.717) is 5.82 Å². The summed E-state index contributed by atoms with van der Waals surface area (Å²) in [5.41, 5.74) is 11.9. The third kappa shape index (κ3) is 5.69. The lowest BCUT2D eigenvalue weighted by Crippen LogP contribution is -1.96. The van der Waals surface area contributed by atoms with E-state index in [4.69, 9.17) is 9.97 Å². The summed E-state index contributed by atoms with van der Waals surface area (Å²) in [6.07, 6.45) is 3.69. The van der Waals surface area contributed by atoms with Crippen molar-refractivity contribution in [2.24, 2.45) is 0 Å². The minimum atomic E-state index is 0.688. The van der Waals surface area contributed by atoms with Crippen molar-refractivity contribution in [2.45, 2.75) is 0 Å². The fraction of sp³-hybridized carbons (Fsp3) is 0. The van der Waals surface area contributed by atoms with Gasteiger partial charge >= 0.3 is 0 Å². The average molecular weight is 688 g/mol. The molecule has 0 saturated carbocycles. The van der Waals surface area contributed by atoms with Crippen molar-refractivity contribution in [1.29, 1.82) is 0 Å². The zero-order valence-electron chi connectivity index (χ0n) is 29.4. The maximum atomic E-state index is 5.20. The minimum absolute atomic E-state index is 0.688. The smallest absolute Gasteiger partial charge is 0.160 e. The first-order valence-corrected chi connectivity index (χ1v) is 18.3. The number of benzene rings is 8. The fourth-order valence-electron chi connectivity index (χ4n) is 7.73. The molecule has 2 heterocycles. The van der Waals surface area contributed by atoms with Gasteiger partial charge < -0.3 is 0 Å². The Morgan fingerprint density at radius 2 is 0.778 bits per heavy atom. The molecule has 3 heteroatoms. The van der Waals surface area contributed by atoms with Crippen molar-refractivity contribution in [2.75, 3.05) is 0 Å². The second-order valence-corrected chi connectivity index (χ2v) is 13.6. The van der Waals surface area contributed by atoms with Gasteiger partial charge in [-0.15, -0.1) is 0 Å². The molecule has 2 aromatic heterocycles. The second-order valence-electron chi connectivity index (χ2n) is 13.6. The van der Waals surface area contributed by atoms with Crippen LogP contribution in [0.4, 0.5) is 0 Å². The Labute approximate surface area is 313 Å². The monoisotopic (exact) mass is 687 g/mol. The fourth-order valence-corrected chi connectivity index (χ4v) is 7.73. The number of fused-ring (bicyclic) bond motifs is 3. The largest absolute Gasteiger partial charge is 0.264 e. The van der Waals surface area contributed by atoms with Crippen molar-refractivity contribution in [3.8, 4) is 67.3 Å². The lowest BCUT2D eigenvalue weighted by molar-refractivity contribution is 1.18. The van der Waals surface area contributed by atoms with E-state index in [1.54, 1.807) is 6.20 Å². The van der Waals surface area contributed by atoms with Crippen LogP contribution in [0.15, 0.2) is 200 Å². The first-order valence-electron chi connectivity index (χ1n) is 18.3. The molecule has 54 heavy (non-hydrogen) atoms. The highest BCUT2D eigenvalue weighted by Crippen LogP contribution is 2.44. The SMILES string of the molecule is c1ccc(-c2c3ccccc3c(-c3ccc(-c4nc(-c5ccc(-c6cccnc6)cc5)cc(-c5ccc6ccccc6c5)n4)cc3)c3ccccc23)cc1. The number of aromatic nitrogens is 3. The molecule has 0 bridgehead atoms. The van der Waals surface area contributed by atoms with E-state index in [-0.39, 0.29) is 0 Å². The highest BCUT2D eigenvalue weighted by Gasteiger charge is 2.17. The number of pyridine rings is 1. The molecule has 0 fully saturated rings. The predicted molar refractivity (Wildman–Crippen MR) is 225 cm³/mol. The van der Waals surface area contributed by atoms with Crippen LogP contribution in [0.2, 0.25) is 0 Å². The number of hydrogen-bond acceptors (Lipinski definition) is 3. The van der Waals surface area contributed by atoms with E-state index in [9.17, 15) is 0 Å². The molecule has 10 rings (SSSR count). The van der Waals surface area contributed by atoms with Crippen molar-refractivity contribution in [3.63, 3.8) is 0 Å². The molecule has 0 radical (unpaired) electrons. The van der Waals surface area contributed by atoms with Gasteiger partial charge in [0, 0.05) is 29.1 Å². The second kappa shape index (κ2) is 13.4.